The minimum Gasteiger partial charge on any atom is -0.497 e. The molecule has 0 aliphatic heterocycles. The first-order valence-electron chi connectivity index (χ1n) is 10.3. The Balaban J connectivity index is 1.70. The number of benzene rings is 2. The van der Waals surface area contributed by atoms with Crippen LogP contribution >= 0.6 is 11.8 Å². The zero-order chi connectivity index (χ0) is 23.1. The van der Waals surface area contributed by atoms with Crippen molar-refractivity contribution in [1.82, 2.24) is 14.8 Å². The summed E-state index contributed by atoms with van der Waals surface area (Å²) in [6.07, 6.45) is -0.358. The van der Waals surface area contributed by atoms with Crippen LogP contribution < -0.4 is 14.8 Å². The van der Waals surface area contributed by atoms with E-state index in [0.717, 1.165) is 0 Å². The van der Waals surface area contributed by atoms with Crippen molar-refractivity contribution < 1.29 is 18.7 Å². The maximum atomic E-state index is 13.3. The van der Waals surface area contributed by atoms with Gasteiger partial charge in [0.25, 0.3) is 0 Å². The summed E-state index contributed by atoms with van der Waals surface area (Å²) in [5, 5.41) is 11.9. The van der Waals surface area contributed by atoms with Crippen molar-refractivity contribution in [3.05, 3.63) is 60.2 Å². The Bertz CT molecular complexity index is 1060. The van der Waals surface area contributed by atoms with Crippen LogP contribution in [0.4, 0.5) is 10.1 Å². The number of carbonyl (C=O) groups is 1. The molecule has 1 N–H and O–H groups in total. The van der Waals surface area contributed by atoms with Crippen molar-refractivity contribution in [3.63, 3.8) is 0 Å². The Hall–Kier alpha value is -3.07. The molecule has 0 spiro atoms. The largest absolute Gasteiger partial charge is 0.497 e. The second kappa shape index (κ2) is 11.0. The number of ether oxygens (including phenoxy) is 2. The second-order valence-corrected chi connectivity index (χ2v) is 8.57. The van der Waals surface area contributed by atoms with Crippen LogP contribution in [0.15, 0.2) is 53.7 Å². The summed E-state index contributed by atoms with van der Waals surface area (Å²) < 4.78 is 26.6. The number of nitrogens with one attached hydrogen (secondary N) is 1. The van der Waals surface area contributed by atoms with Gasteiger partial charge in [0.2, 0.25) is 5.91 Å². The zero-order valence-electron chi connectivity index (χ0n) is 18.5. The Morgan fingerprint density at radius 2 is 1.88 bits per heavy atom. The van der Waals surface area contributed by atoms with E-state index in [1.54, 1.807) is 19.2 Å². The van der Waals surface area contributed by atoms with Gasteiger partial charge >= 0.3 is 0 Å². The maximum absolute atomic E-state index is 13.3. The molecule has 0 saturated heterocycles. The third kappa shape index (κ3) is 6.46. The second-order valence-electron chi connectivity index (χ2n) is 7.63. The van der Waals surface area contributed by atoms with Crippen LogP contribution in [0.25, 0.3) is 0 Å². The Morgan fingerprint density at radius 3 is 2.59 bits per heavy atom. The number of thioether (sulfide) groups is 1. The molecule has 1 atom stereocenters. The third-order valence-corrected chi connectivity index (χ3v) is 5.42. The van der Waals surface area contributed by atoms with E-state index in [-0.39, 0.29) is 17.8 Å². The summed E-state index contributed by atoms with van der Waals surface area (Å²) in [4.78, 5) is 12.3. The van der Waals surface area contributed by atoms with Crippen LogP contribution in [-0.2, 0) is 11.3 Å². The van der Waals surface area contributed by atoms with Gasteiger partial charge in [-0.2, -0.15) is 0 Å². The first kappa shape index (κ1) is 23.6. The molecule has 3 aromatic rings. The molecule has 0 aliphatic carbocycles. The number of rotatable bonds is 10. The van der Waals surface area contributed by atoms with E-state index in [1.807, 2.05) is 35.8 Å². The molecule has 32 heavy (non-hydrogen) atoms. The first-order chi connectivity index (χ1) is 15.4. The molecule has 0 aliphatic rings. The summed E-state index contributed by atoms with van der Waals surface area (Å²) in [5.74, 6) is 1.86. The number of carbonyl (C=O) groups excluding carboxylic acids is 1. The summed E-state index contributed by atoms with van der Waals surface area (Å²) in [5.41, 5.74) is 0.417. The van der Waals surface area contributed by atoms with Gasteiger partial charge in [-0.25, -0.2) is 4.39 Å². The van der Waals surface area contributed by atoms with E-state index in [0.29, 0.717) is 40.6 Å². The molecule has 170 valence electrons. The van der Waals surface area contributed by atoms with Crippen LogP contribution in [0.2, 0.25) is 0 Å². The average molecular weight is 459 g/mol. The van der Waals surface area contributed by atoms with E-state index in [2.05, 4.69) is 29.4 Å². The highest BCUT2D eigenvalue weighted by Gasteiger charge is 2.21. The summed E-state index contributed by atoms with van der Waals surface area (Å²) in [6, 6.07) is 13.2. The van der Waals surface area contributed by atoms with Crippen molar-refractivity contribution >= 4 is 23.4 Å². The van der Waals surface area contributed by atoms with Gasteiger partial charge in [-0.05, 0) is 43.2 Å². The predicted molar refractivity (Wildman–Crippen MR) is 123 cm³/mol. The molecule has 7 nitrogen and oxygen atoms in total. The van der Waals surface area contributed by atoms with Crippen LogP contribution in [0.5, 0.6) is 11.5 Å². The highest BCUT2D eigenvalue weighted by Crippen LogP contribution is 2.27. The molecular formula is C23H27FN4O3S. The predicted octanol–water partition coefficient (Wildman–Crippen LogP) is 4.95. The highest BCUT2D eigenvalue weighted by atomic mass is 32.2. The van der Waals surface area contributed by atoms with Gasteiger partial charge in [0, 0.05) is 18.3 Å². The molecule has 1 amide bonds. The zero-order valence-corrected chi connectivity index (χ0v) is 19.4. The normalized spacial score (nSPS) is 11.9. The lowest BCUT2D eigenvalue weighted by Gasteiger charge is -2.18. The lowest BCUT2D eigenvalue weighted by atomic mass is 10.2. The number of hydrogen-bond acceptors (Lipinski definition) is 6. The number of anilines is 1. The van der Waals surface area contributed by atoms with Gasteiger partial charge in [-0.15, -0.1) is 10.2 Å². The Labute approximate surface area is 191 Å². The van der Waals surface area contributed by atoms with Crippen LogP contribution in [0.3, 0.4) is 0 Å². The molecule has 0 fully saturated rings. The molecule has 1 unspecified atom stereocenters. The number of halogens is 1. The average Bonchev–Trinajstić information content (AvgIpc) is 3.14. The summed E-state index contributed by atoms with van der Waals surface area (Å²) in [6.45, 7) is 6.79. The molecule has 1 aromatic heterocycles. The van der Waals surface area contributed by atoms with Gasteiger partial charge in [-0.1, -0.05) is 37.7 Å². The topological polar surface area (TPSA) is 78.3 Å². The van der Waals surface area contributed by atoms with E-state index >= 15 is 0 Å². The highest BCUT2D eigenvalue weighted by molar-refractivity contribution is 7.99. The number of methoxy groups -OCH3 is 1. The molecular weight excluding hydrogens is 431 g/mol. The van der Waals surface area contributed by atoms with E-state index in [4.69, 9.17) is 9.47 Å². The fourth-order valence-electron chi connectivity index (χ4n) is 3.07. The quantitative estimate of drug-likeness (QED) is 0.433. The van der Waals surface area contributed by atoms with E-state index in [9.17, 15) is 9.18 Å². The Morgan fingerprint density at radius 1 is 1.12 bits per heavy atom. The number of hydrogen-bond donors (Lipinski definition) is 1. The maximum Gasteiger partial charge on any atom is 0.234 e. The minimum absolute atomic E-state index is 0.123. The van der Waals surface area contributed by atoms with Crippen molar-refractivity contribution in [1.29, 1.82) is 0 Å². The molecule has 1 heterocycles. The van der Waals surface area contributed by atoms with Gasteiger partial charge in [0.15, 0.2) is 17.1 Å². The van der Waals surface area contributed by atoms with E-state index in [1.165, 1.54) is 23.9 Å². The van der Waals surface area contributed by atoms with Crippen LogP contribution in [0, 0.1) is 11.7 Å². The monoisotopic (exact) mass is 458 g/mol. The number of aromatic nitrogens is 3. The minimum atomic E-state index is -0.401. The standard InChI is InChI=1S/C23H27FN4O3S/c1-15(2)13-28-22(16(3)31-20-10-6-9-19(12-20)30-4)26-27-23(28)32-14-21(29)25-18-8-5-7-17(24)11-18/h5-12,15-16H,13-14H2,1-4H3,(H,25,29). The van der Waals surface area contributed by atoms with Crippen LogP contribution in [0.1, 0.15) is 32.7 Å². The van der Waals surface area contributed by atoms with Gasteiger partial charge in [-0.3, -0.25) is 4.79 Å². The number of amides is 1. The van der Waals surface area contributed by atoms with Crippen molar-refractivity contribution in [3.8, 4) is 11.5 Å². The molecule has 9 heteroatoms. The molecule has 0 bridgehead atoms. The fourth-order valence-corrected chi connectivity index (χ4v) is 3.82. The van der Waals surface area contributed by atoms with Crippen molar-refractivity contribution in [2.45, 2.75) is 38.6 Å². The third-order valence-electron chi connectivity index (χ3n) is 4.45. The van der Waals surface area contributed by atoms with E-state index < -0.39 is 5.82 Å². The van der Waals surface area contributed by atoms with Crippen molar-refractivity contribution in [2.24, 2.45) is 5.92 Å². The Kier molecular flexibility index (Phi) is 8.10. The SMILES string of the molecule is COc1cccc(OC(C)c2nnc(SCC(=O)Nc3cccc(F)c3)n2CC(C)C)c1. The number of nitrogens with zero attached hydrogens (tertiary/aromatic N) is 3. The molecule has 0 saturated carbocycles. The fraction of sp³-hybridized carbons (Fsp3) is 0.348. The van der Waals surface area contributed by atoms with Gasteiger partial charge in [0.05, 0.1) is 12.9 Å². The van der Waals surface area contributed by atoms with Crippen molar-refractivity contribution in [2.75, 3.05) is 18.2 Å². The lowest BCUT2D eigenvalue weighted by molar-refractivity contribution is -0.113. The first-order valence-corrected chi connectivity index (χ1v) is 11.3. The molecule has 2 aromatic carbocycles. The summed E-state index contributed by atoms with van der Waals surface area (Å²) >= 11 is 1.28. The van der Waals surface area contributed by atoms with Crippen LogP contribution in [-0.4, -0.2) is 33.5 Å². The van der Waals surface area contributed by atoms with Gasteiger partial charge < -0.3 is 19.4 Å². The van der Waals surface area contributed by atoms with Gasteiger partial charge in [0.1, 0.15) is 17.3 Å². The lowest BCUT2D eigenvalue weighted by Crippen LogP contribution is -2.17. The molecule has 3 rings (SSSR count). The smallest absolute Gasteiger partial charge is 0.234 e. The molecule has 0 radical (unpaired) electrons. The summed E-state index contributed by atoms with van der Waals surface area (Å²) in [7, 11) is 1.61.